The molecule has 0 saturated heterocycles. The Hall–Kier alpha value is -1.76. The number of ether oxygens (including phenoxy) is 1. The zero-order valence-electron chi connectivity index (χ0n) is 12.1. The molecule has 2 rings (SSSR count). The molecule has 1 atom stereocenters. The van der Waals surface area contributed by atoms with Crippen molar-refractivity contribution in [3.05, 3.63) is 35.2 Å². The van der Waals surface area contributed by atoms with Gasteiger partial charge in [0.2, 0.25) is 5.91 Å². The molecule has 6 heteroatoms. The molecule has 21 heavy (non-hydrogen) atoms. The number of carbonyl (C=O) groups excluding carboxylic acids is 1. The van der Waals surface area contributed by atoms with E-state index in [-0.39, 0.29) is 12.5 Å². The molecule has 0 aliphatic rings. The molecule has 2 aromatic rings. The van der Waals surface area contributed by atoms with Gasteiger partial charge in [-0.1, -0.05) is 37.3 Å². The molecule has 1 aromatic carbocycles. The first-order chi connectivity index (χ1) is 10.2. The minimum absolute atomic E-state index is 0.184. The van der Waals surface area contributed by atoms with Gasteiger partial charge in [-0.3, -0.25) is 4.79 Å². The average molecular weight is 305 g/mol. The lowest BCUT2D eigenvalue weighted by atomic mass is 10.1. The molecular formula is C15H19N3O2S. The van der Waals surface area contributed by atoms with Crippen LogP contribution in [-0.4, -0.2) is 30.6 Å². The van der Waals surface area contributed by atoms with Gasteiger partial charge in [0.25, 0.3) is 0 Å². The van der Waals surface area contributed by atoms with Crippen LogP contribution in [0.15, 0.2) is 30.3 Å². The molecule has 1 aromatic heterocycles. The number of amides is 1. The first-order valence-corrected chi connectivity index (χ1v) is 7.57. The van der Waals surface area contributed by atoms with E-state index >= 15 is 0 Å². The summed E-state index contributed by atoms with van der Waals surface area (Å²) >= 11 is 1.48. The molecule has 0 saturated carbocycles. The molecule has 112 valence electrons. The van der Waals surface area contributed by atoms with Crippen LogP contribution < -0.4 is 11.1 Å². The number of aromatic nitrogens is 1. The monoisotopic (exact) mass is 305 g/mol. The predicted octanol–water partition coefficient (Wildman–Crippen LogP) is 2.28. The lowest BCUT2D eigenvalue weighted by Gasteiger charge is -2.08. The van der Waals surface area contributed by atoms with Crippen molar-refractivity contribution in [2.24, 2.45) is 5.73 Å². The van der Waals surface area contributed by atoms with E-state index in [1.54, 1.807) is 0 Å². The summed E-state index contributed by atoms with van der Waals surface area (Å²) in [5.74, 6) is -0.284. The van der Waals surface area contributed by atoms with E-state index in [0.29, 0.717) is 5.13 Å². The summed E-state index contributed by atoms with van der Waals surface area (Å²) in [6.45, 7) is 2.26. The van der Waals surface area contributed by atoms with Gasteiger partial charge in [-0.25, -0.2) is 4.98 Å². The van der Waals surface area contributed by atoms with E-state index in [9.17, 15) is 4.79 Å². The van der Waals surface area contributed by atoms with Crippen LogP contribution in [0.25, 0.3) is 11.3 Å². The Morgan fingerprint density at radius 3 is 2.76 bits per heavy atom. The third-order valence-electron chi connectivity index (χ3n) is 2.98. The summed E-state index contributed by atoms with van der Waals surface area (Å²) < 4.78 is 4.88. The van der Waals surface area contributed by atoms with Gasteiger partial charge >= 0.3 is 0 Å². The number of rotatable bonds is 6. The van der Waals surface area contributed by atoms with E-state index in [1.807, 2.05) is 30.3 Å². The number of nitrogens with one attached hydrogen (secondary N) is 1. The molecule has 0 aliphatic heterocycles. The summed E-state index contributed by atoms with van der Waals surface area (Å²) in [6, 6.07) is 9.24. The topological polar surface area (TPSA) is 77.2 Å². The van der Waals surface area contributed by atoms with E-state index in [1.165, 1.54) is 18.4 Å². The van der Waals surface area contributed by atoms with Gasteiger partial charge in [-0.2, -0.15) is 0 Å². The third kappa shape index (κ3) is 3.87. The Morgan fingerprint density at radius 2 is 2.14 bits per heavy atom. The van der Waals surface area contributed by atoms with Crippen LogP contribution in [0.1, 0.15) is 11.8 Å². The molecule has 0 aliphatic carbocycles. The highest BCUT2D eigenvalue weighted by molar-refractivity contribution is 7.16. The van der Waals surface area contributed by atoms with Crippen molar-refractivity contribution in [3.63, 3.8) is 0 Å². The van der Waals surface area contributed by atoms with Crippen LogP contribution in [0.3, 0.4) is 0 Å². The van der Waals surface area contributed by atoms with E-state index in [2.05, 4.69) is 17.2 Å². The van der Waals surface area contributed by atoms with Gasteiger partial charge in [-0.05, 0) is 6.42 Å². The molecule has 0 spiro atoms. The Kier molecular flexibility index (Phi) is 5.44. The van der Waals surface area contributed by atoms with E-state index in [0.717, 1.165) is 22.6 Å². The highest BCUT2D eigenvalue weighted by Gasteiger charge is 2.17. The van der Waals surface area contributed by atoms with Crippen LogP contribution in [0.4, 0.5) is 5.13 Å². The van der Waals surface area contributed by atoms with Gasteiger partial charge in [-0.15, -0.1) is 11.3 Å². The number of anilines is 1. The number of benzene rings is 1. The quantitative estimate of drug-likeness (QED) is 0.858. The Balaban J connectivity index is 2.20. The first-order valence-electron chi connectivity index (χ1n) is 6.76. The molecule has 0 bridgehead atoms. The maximum atomic E-state index is 11.9. The highest BCUT2D eigenvalue weighted by Crippen LogP contribution is 2.31. The first kappa shape index (κ1) is 15.6. The number of methoxy groups -OCH3 is 1. The number of thiazole rings is 1. The molecule has 0 radical (unpaired) electrons. The summed E-state index contributed by atoms with van der Waals surface area (Å²) in [6.07, 6.45) is 0.863. The maximum absolute atomic E-state index is 11.9. The normalized spacial score (nSPS) is 12.1. The van der Waals surface area contributed by atoms with Crippen molar-refractivity contribution in [2.45, 2.75) is 19.4 Å². The van der Waals surface area contributed by atoms with Crippen LogP contribution in [0, 0.1) is 0 Å². The smallest absolute Gasteiger partial charge is 0.245 e. The van der Waals surface area contributed by atoms with Crippen molar-refractivity contribution in [3.8, 4) is 11.3 Å². The summed E-state index contributed by atoms with van der Waals surface area (Å²) in [7, 11) is 1.51. The summed E-state index contributed by atoms with van der Waals surface area (Å²) in [5, 5.41) is 3.33. The second-order valence-corrected chi connectivity index (χ2v) is 5.65. The standard InChI is InChI=1S/C15H19N3O2S/c1-3-12-13(10-7-5-4-6-8-10)17-15(21-12)18-14(19)11(16)9-20-2/h4-8,11H,3,9,16H2,1-2H3,(H,17,18,19). The van der Waals surface area contributed by atoms with Crippen LogP contribution in [-0.2, 0) is 16.0 Å². The van der Waals surface area contributed by atoms with Crippen LogP contribution >= 0.6 is 11.3 Å². The third-order valence-corrected chi connectivity index (χ3v) is 4.09. The SMILES string of the molecule is CCc1sc(NC(=O)C(N)COC)nc1-c1ccccc1. The fraction of sp³-hybridized carbons (Fsp3) is 0.333. The fourth-order valence-corrected chi connectivity index (χ4v) is 2.85. The number of nitrogens with two attached hydrogens (primary N) is 1. The summed E-state index contributed by atoms with van der Waals surface area (Å²) in [5.41, 5.74) is 7.67. The number of nitrogens with zero attached hydrogens (tertiary/aromatic N) is 1. The Morgan fingerprint density at radius 1 is 1.43 bits per heavy atom. The van der Waals surface area contributed by atoms with Crippen LogP contribution in [0.5, 0.6) is 0 Å². The van der Waals surface area contributed by atoms with Crippen molar-refractivity contribution in [1.29, 1.82) is 0 Å². The minimum atomic E-state index is -0.691. The molecular weight excluding hydrogens is 286 g/mol. The molecule has 3 N–H and O–H groups in total. The molecule has 1 amide bonds. The van der Waals surface area contributed by atoms with Crippen molar-refractivity contribution < 1.29 is 9.53 Å². The van der Waals surface area contributed by atoms with Gasteiger partial charge < -0.3 is 15.8 Å². The second kappa shape index (κ2) is 7.31. The molecule has 0 fully saturated rings. The number of hydrogen-bond donors (Lipinski definition) is 2. The second-order valence-electron chi connectivity index (χ2n) is 4.56. The van der Waals surface area contributed by atoms with Gasteiger partial charge in [0, 0.05) is 17.6 Å². The number of aryl methyl sites for hydroxylation is 1. The van der Waals surface area contributed by atoms with Gasteiger partial charge in [0.05, 0.1) is 12.3 Å². The lowest BCUT2D eigenvalue weighted by Crippen LogP contribution is -2.39. The number of hydrogen-bond acceptors (Lipinski definition) is 5. The zero-order valence-corrected chi connectivity index (χ0v) is 12.9. The fourth-order valence-electron chi connectivity index (χ4n) is 1.92. The molecule has 1 heterocycles. The zero-order chi connectivity index (χ0) is 15.2. The maximum Gasteiger partial charge on any atom is 0.245 e. The van der Waals surface area contributed by atoms with Crippen molar-refractivity contribution in [1.82, 2.24) is 4.98 Å². The Bertz CT molecular complexity index is 598. The summed E-state index contributed by atoms with van der Waals surface area (Å²) in [4.78, 5) is 17.6. The van der Waals surface area contributed by atoms with Crippen molar-refractivity contribution >= 4 is 22.4 Å². The van der Waals surface area contributed by atoms with Gasteiger partial charge in [0.1, 0.15) is 6.04 Å². The largest absolute Gasteiger partial charge is 0.383 e. The predicted molar refractivity (Wildman–Crippen MR) is 85.4 cm³/mol. The highest BCUT2D eigenvalue weighted by atomic mass is 32.1. The van der Waals surface area contributed by atoms with E-state index in [4.69, 9.17) is 10.5 Å². The lowest BCUT2D eigenvalue weighted by molar-refractivity contribution is -0.118. The van der Waals surface area contributed by atoms with Crippen LogP contribution in [0.2, 0.25) is 0 Å². The van der Waals surface area contributed by atoms with E-state index < -0.39 is 6.04 Å². The minimum Gasteiger partial charge on any atom is -0.383 e. The number of carbonyl (C=O) groups is 1. The van der Waals surface area contributed by atoms with Crippen molar-refractivity contribution in [2.75, 3.05) is 19.0 Å². The Labute approximate surface area is 128 Å². The molecule has 1 unspecified atom stereocenters. The van der Waals surface area contributed by atoms with Gasteiger partial charge in [0.15, 0.2) is 5.13 Å². The molecule has 5 nitrogen and oxygen atoms in total. The average Bonchev–Trinajstić information content (AvgIpc) is 2.91.